The number of imidazole rings is 1. The maximum absolute atomic E-state index is 13.0. The minimum Gasteiger partial charge on any atom is -0.297 e. The first-order chi connectivity index (χ1) is 9.06. The van der Waals surface area contributed by atoms with Crippen LogP contribution in [-0.4, -0.2) is 9.38 Å². The number of rotatable bonds is 1. The maximum Gasteiger partial charge on any atom is 0.156 e. The molecule has 96 valence electrons. The van der Waals surface area contributed by atoms with Crippen LogP contribution in [0.3, 0.4) is 0 Å². The van der Waals surface area contributed by atoms with E-state index >= 15 is 0 Å². The number of aryl methyl sites for hydroxylation is 1. The SMILES string of the molecule is Cc1nc2c(Cl)cc(Cl)cn2c1-c1ccc(F)cc1. The van der Waals surface area contributed by atoms with Gasteiger partial charge in [0, 0.05) is 11.8 Å². The molecule has 3 rings (SSSR count). The van der Waals surface area contributed by atoms with Crippen molar-refractivity contribution < 1.29 is 4.39 Å². The van der Waals surface area contributed by atoms with Gasteiger partial charge in [-0.25, -0.2) is 9.37 Å². The van der Waals surface area contributed by atoms with Gasteiger partial charge in [-0.05, 0) is 37.3 Å². The Morgan fingerprint density at radius 2 is 1.84 bits per heavy atom. The highest BCUT2D eigenvalue weighted by Gasteiger charge is 2.13. The fourth-order valence-electron chi connectivity index (χ4n) is 2.14. The average molecular weight is 295 g/mol. The predicted molar refractivity (Wildman–Crippen MR) is 75.3 cm³/mol. The quantitative estimate of drug-likeness (QED) is 0.633. The van der Waals surface area contributed by atoms with Crippen molar-refractivity contribution in [1.29, 1.82) is 0 Å². The number of benzene rings is 1. The summed E-state index contributed by atoms with van der Waals surface area (Å²) in [4.78, 5) is 4.43. The van der Waals surface area contributed by atoms with Gasteiger partial charge in [-0.15, -0.1) is 0 Å². The van der Waals surface area contributed by atoms with Crippen LogP contribution in [0.1, 0.15) is 5.69 Å². The minimum atomic E-state index is -0.272. The van der Waals surface area contributed by atoms with Gasteiger partial charge in [-0.2, -0.15) is 0 Å². The highest BCUT2D eigenvalue weighted by molar-refractivity contribution is 6.36. The number of hydrogen-bond acceptors (Lipinski definition) is 1. The molecule has 19 heavy (non-hydrogen) atoms. The van der Waals surface area contributed by atoms with Gasteiger partial charge in [0.2, 0.25) is 0 Å². The zero-order chi connectivity index (χ0) is 13.6. The lowest BCUT2D eigenvalue weighted by atomic mass is 10.1. The summed E-state index contributed by atoms with van der Waals surface area (Å²) >= 11 is 12.2. The zero-order valence-electron chi connectivity index (χ0n) is 9.99. The molecule has 2 aromatic heterocycles. The van der Waals surface area contributed by atoms with E-state index in [1.54, 1.807) is 24.4 Å². The van der Waals surface area contributed by atoms with E-state index in [4.69, 9.17) is 23.2 Å². The van der Waals surface area contributed by atoms with Gasteiger partial charge in [0.05, 0.1) is 21.4 Å². The molecule has 0 fully saturated rings. The zero-order valence-corrected chi connectivity index (χ0v) is 11.5. The summed E-state index contributed by atoms with van der Waals surface area (Å²) in [5.41, 5.74) is 3.18. The van der Waals surface area contributed by atoms with Crippen LogP contribution in [-0.2, 0) is 0 Å². The first kappa shape index (κ1) is 12.5. The summed E-state index contributed by atoms with van der Waals surface area (Å²) in [6, 6.07) is 7.90. The topological polar surface area (TPSA) is 17.3 Å². The normalized spacial score (nSPS) is 11.2. The van der Waals surface area contributed by atoms with E-state index in [9.17, 15) is 4.39 Å². The molecule has 0 aliphatic rings. The van der Waals surface area contributed by atoms with Gasteiger partial charge in [0.25, 0.3) is 0 Å². The minimum absolute atomic E-state index is 0.272. The first-order valence-corrected chi connectivity index (χ1v) is 6.41. The molecule has 0 amide bonds. The number of halogens is 3. The van der Waals surface area contributed by atoms with Crippen LogP contribution in [0.4, 0.5) is 4.39 Å². The maximum atomic E-state index is 13.0. The molecule has 0 bridgehead atoms. The predicted octanol–water partition coefficient (Wildman–Crippen LogP) is 4.76. The number of aromatic nitrogens is 2. The first-order valence-electron chi connectivity index (χ1n) is 5.66. The summed E-state index contributed by atoms with van der Waals surface area (Å²) in [7, 11) is 0. The Hall–Kier alpha value is -1.58. The molecule has 0 N–H and O–H groups in total. The third-order valence-electron chi connectivity index (χ3n) is 2.93. The van der Waals surface area contributed by atoms with E-state index in [2.05, 4.69) is 4.98 Å². The van der Waals surface area contributed by atoms with Gasteiger partial charge in [0.15, 0.2) is 5.65 Å². The van der Waals surface area contributed by atoms with Crippen molar-refractivity contribution in [3.63, 3.8) is 0 Å². The van der Waals surface area contributed by atoms with Crippen molar-refractivity contribution in [2.45, 2.75) is 6.92 Å². The molecule has 0 spiro atoms. The highest BCUT2D eigenvalue weighted by Crippen LogP contribution is 2.30. The standard InChI is InChI=1S/C14H9Cl2FN2/c1-8-13(9-2-4-11(17)5-3-9)19-7-10(15)6-12(16)14(19)18-8/h2-7H,1H3. The van der Waals surface area contributed by atoms with Crippen LogP contribution in [0.5, 0.6) is 0 Å². The Balaban J connectivity index is 2.34. The molecule has 3 aromatic rings. The molecule has 5 heteroatoms. The molecular formula is C14H9Cl2FN2. The van der Waals surface area contributed by atoms with E-state index in [-0.39, 0.29) is 5.82 Å². The average Bonchev–Trinajstić information content (AvgIpc) is 2.67. The Bertz CT molecular complexity index is 763. The molecule has 0 unspecified atom stereocenters. The second-order valence-electron chi connectivity index (χ2n) is 4.25. The van der Waals surface area contributed by atoms with Crippen LogP contribution >= 0.6 is 23.2 Å². The summed E-state index contributed by atoms with van der Waals surface area (Å²) in [5.74, 6) is -0.272. The van der Waals surface area contributed by atoms with E-state index in [0.29, 0.717) is 15.7 Å². The van der Waals surface area contributed by atoms with E-state index < -0.39 is 0 Å². The number of hydrogen-bond donors (Lipinski definition) is 0. The Labute approximate surface area is 119 Å². The molecule has 2 heterocycles. The molecule has 0 radical (unpaired) electrons. The third-order valence-corrected chi connectivity index (χ3v) is 3.42. The summed E-state index contributed by atoms with van der Waals surface area (Å²) in [6.45, 7) is 1.88. The Kier molecular flexibility index (Phi) is 2.96. The molecular weight excluding hydrogens is 286 g/mol. The van der Waals surface area contributed by atoms with Crippen molar-refractivity contribution in [3.8, 4) is 11.3 Å². The van der Waals surface area contributed by atoms with Crippen LogP contribution in [0.2, 0.25) is 10.0 Å². The fourth-order valence-corrected chi connectivity index (χ4v) is 2.66. The van der Waals surface area contributed by atoms with Crippen LogP contribution in [0.15, 0.2) is 36.5 Å². The van der Waals surface area contributed by atoms with Crippen molar-refractivity contribution in [3.05, 3.63) is 58.1 Å². The molecule has 0 saturated carbocycles. The van der Waals surface area contributed by atoms with Crippen LogP contribution < -0.4 is 0 Å². The lowest BCUT2D eigenvalue weighted by molar-refractivity contribution is 0.628. The molecule has 2 nitrogen and oxygen atoms in total. The Morgan fingerprint density at radius 1 is 1.16 bits per heavy atom. The van der Waals surface area contributed by atoms with Crippen molar-refractivity contribution in [2.24, 2.45) is 0 Å². The van der Waals surface area contributed by atoms with E-state index in [1.807, 2.05) is 11.3 Å². The molecule has 0 atom stereocenters. The van der Waals surface area contributed by atoms with Crippen LogP contribution in [0, 0.1) is 12.7 Å². The van der Waals surface area contributed by atoms with Gasteiger partial charge >= 0.3 is 0 Å². The number of pyridine rings is 1. The van der Waals surface area contributed by atoms with Crippen molar-refractivity contribution in [1.82, 2.24) is 9.38 Å². The van der Waals surface area contributed by atoms with E-state index in [1.165, 1.54) is 12.1 Å². The highest BCUT2D eigenvalue weighted by atomic mass is 35.5. The second-order valence-corrected chi connectivity index (χ2v) is 5.10. The van der Waals surface area contributed by atoms with Gasteiger partial charge in [-0.3, -0.25) is 4.40 Å². The van der Waals surface area contributed by atoms with E-state index in [0.717, 1.165) is 17.0 Å². The largest absolute Gasteiger partial charge is 0.297 e. The van der Waals surface area contributed by atoms with Gasteiger partial charge in [-0.1, -0.05) is 23.2 Å². The Morgan fingerprint density at radius 3 is 2.53 bits per heavy atom. The molecule has 0 saturated heterocycles. The van der Waals surface area contributed by atoms with Crippen molar-refractivity contribution >= 4 is 28.8 Å². The summed E-state index contributed by atoms with van der Waals surface area (Å²) in [6.07, 6.45) is 1.75. The molecule has 0 aliphatic heterocycles. The van der Waals surface area contributed by atoms with Gasteiger partial charge < -0.3 is 0 Å². The second kappa shape index (κ2) is 4.51. The monoisotopic (exact) mass is 294 g/mol. The smallest absolute Gasteiger partial charge is 0.156 e. The number of fused-ring (bicyclic) bond motifs is 1. The summed E-state index contributed by atoms with van der Waals surface area (Å²) < 4.78 is 14.8. The summed E-state index contributed by atoms with van der Waals surface area (Å²) in [5, 5.41) is 1.02. The molecule has 0 aliphatic carbocycles. The fraction of sp³-hybridized carbons (Fsp3) is 0.0714. The van der Waals surface area contributed by atoms with Crippen LogP contribution in [0.25, 0.3) is 16.9 Å². The molecule has 1 aromatic carbocycles. The van der Waals surface area contributed by atoms with Crippen molar-refractivity contribution in [2.75, 3.05) is 0 Å². The lowest BCUT2D eigenvalue weighted by Crippen LogP contribution is -1.90. The lowest BCUT2D eigenvalue weighted by Gasteiger charge is -2.04. The third kappa shape index (κ3) is 2.09. The van der Waals surface area contributed by atoms with Gasteiger partial charge in [0.1, 0.15) is 5.82 Å². The number of nitrogens with zero attached hydrogens (tertiary/aromatic N) is 2.